The number of hydrogen-bond acceptors (Lipinski definition) is 3. The third kappa shape index (κ3) is 2.79. The van der Waals surface area contributed by atoms with Crippen LogP contribution in [0.5, 0.6) is 0 Å². The second-order valence-electron chi connectivity index (χ2n) is 2.09. The Morgan fingerprint density at radius 3 is 1.89 bits per heavy atom. The summed E-state index contributed by atoms with van der Waals surface area (Å²) < 4.78 is 0. The second-order valence-corrected chi connectivity index (χ2v) is 2.09. The molecular weight excluding hydrogens is 118 g/mol. The van der Waals surface area contributed by atoms with E-state index in [-0.39, 0.29) is 19.3 Å². The Morgan fingerprint density at radius 2 is 1.78 bits per heavy atom. The minimum Gasteiger partial charge on any atom is -0.395 e. The van der Waals surface area contributed by atoms with Crippen LogP contribution in [0.25, 0.3) is 0 Å². The fourth-order valence-electron chi connectivity index (χ4n) is 0.595. The van der Waals surface area contributed by atoms with Gasteiger partial charge in [-0.15, -0.1) is 0 Å². The summed E-state index contributed by atoms with van der Waals surface area (Å²) in [5.41, 5.74) is 0. The summed E-state index contributed by atoms with van der Waals surface area (Å²) in [5.74, 6) is 0. The zero-order chi connectivity index (χ0) is 7.28. The van der Waals surface area contributed by atoms with Gasteiger partial charge >= 0.3 is 0 Å². The van der Waals surface area contributed by atoms with Crippen molar-refractivity contribution in [2.75, 3.05) is 26.8 Å². The van der Waals surface area contributed by atoms with Gasteiger partial charge in [0.2, 0.25) is 0 Å². The van der Waals surface area contributed by atoms with Crippen molar-refractivity contribution in [3.05, 3.63) is 0 Å². The first kappa shape index (κ1) is 8.88. The summed E-state index contributed by atoms with van der Waals surface area (Å²) in [6, 6.07) is -0.0880. The maximum absolute atomic E-state index is 8.63. The van der Waals surface area contributed by atoms with Crippen molar-refractivity contribution < 1.29 is 10.2 Å². The van der Waals surface area contributed by atoms with E-state index < -0.39 is 0 Å². The molecule has 0 heterocycles. The Bertz CT molecular complexity index is 64.1. The van der Waals surface area contributed by atoms with Gasteiger partial charge in [-0.3, -0.25) is 4.90 Å². The van der Waals surface area contributed by atoms with Crippen molar-refractivity contribution in [3.8, 4) is 0 Å². The zero-order valence-electron chi connectivity index (χ0n) is 6.04. The molecule has 0 unspecified atom stereocenters. The average molecular weight is 133 g/mol. The molecule has 0 radical (unpaired) electrons. The molecule has 2 N–H and O–H groups in total. The lowest BCUT2D eigenvalue weighted by Gasteiger charge is -2.22. The largest absolute Gasteiger partial charge is 0.395 e. The lowest BCUT2D eigenvalue weighted by Crippen LogP contribution is -2.37. The highest BCUT2D eigenvalue weighted by molar-refractivity contribution is 4.63. The van der Waals surface area contributed by atoms with Crippen LogP contribution in [0, 0.1) is 0 Å². The van der Waals surface area contributed by atoms with E-state index in [9.17, 15) is 0 Å². The van der Waals surface area contributed by atoms with Gasteiger partial charge in [0, 0.05) is 0 Å². The number of hydrogen-bond donors (Lipinski definition) is 2. The molecule has 0 atom stereocenters. The highest BCUT2D eigenvalue weighted by Gasteiger charge is 2.08. The van der Waals surface area contributed by atoms with E-state index in [1.807, 2.05) is 18.9 Å². The van der Waals surface area contributed by atoms with Gasteiger partial charge in [0.15, 0.2) is 0 Å². The molecule has 0 bridgehead atoms. The topological polar surface area (TPSA) is 43.7 Å². The monoisotopic (exact) mass is 133 g/mol. The van der Waals surface area contributed by atoms with Gasteiger partial charge in [-0.1, -0.05) is 6.92 Å². The average Bonchev–Trinajstić information content (AvgIpc) is 1.90. The van der Waals surface area contributed by atoms with Gasteiger partial charge in [0.25, 0.3) is 0 Å². The molecule has 0 aromatic rings. The molecule has 0 rings (SSSR count). The molecular formula is C6H15NO2. The van der Waals surface area contributed by atoms with Crippen molar-refractivity contribution in [1.82, 2.24) is 4.90 Å². The molecule has 3 nitrogen and oxygen atoms in total. The summed E-state index contributed by atoms with van der Waals surface area (Å²) in [6.45, 7) is 2.89. The normalized spacial score (nSPS) is 11.3. The smallest absolute Gasteiger partial charge is 0.0609 e. The molecule has 9 heavy (non-hydrogen) atoms. The van der Waals surface area contributed by atoms with Crippen LogP contribution in [0.3, 0.4) is 0 Å². The quantitative estimate of drug-likeness (QED) is 0.532. The maximum Gasteiger partial charge on any atom is 0.0609 e. The Hall–Kier alpha value is -0.120. The van der Waals surface area contributed by atoms with Crippen LogP contribution >= 0.6 is 0 Å². The predicted molar refractivity (Wildman–Crippen MR) is 36.3 cm³/mol. The summed E-state index contributed by atoms with van der Waals surface area (Å²) in [7, 11) is 1.87. The van der Waals surface area contributed by atoms with Crippen LogP contribution in [0.1, 0.15) is 6.92 Å². The van der Waals surface area contributed by atoms with Crippen LogP contribution < -0.4 is 0 Å². The van der Waals surface area contributed by atoms with Crippen LogP contribution in [-0.2, 0) is 0 Å². The number of nitrogens with zero attached hydrogens (tertiary/aromatic N) is 1. The van der Waals surface area contributed by atoms with Gasteiger partial charge in [0.05, 0.1) is 19.3 Å². The molecule has 0 saturated carbocycles. The lowest BCUT2D eigenvalue weighted by atomic mass is 10.3. The summed E-state index contributed by atoms with van der Waals surface area (Å²) in [4.78, 5) is 1.90. The first-order valence-electron chi connectivity index (χ1n) is 3.18. The van der Waals surface area contributed by atoms with Gasteiger partial charge in [-0.25, -0.2) is 0 Å². The molecule has 0 fully saturated rings. The van der Waals surface area contributed by atoms with Crippen LogP contribution in [0.2, 0.25) is 0 Å². The Balaban J connectivity index is 3.50. The molecule has 0 amide bonds. The molecule has 0 saturated heterocycles. The Morgan fingerprint density at radius 1 is 1.33 bits per heavy atom. The van der Waals surface area contributed by atoms with Crippen molar-refractivity contribution in [1.29, 1.82) is 0 Å². The molecule has 3 heteroatoms. The molecule has 0 spiro atoms. The fourth-order valence-corrected chi connectivity index (χ4v) is 0.595. The third-order valence-corrected chi connectivity index (χ3v) is 1.54. The van der Waals surface area contributed by atoms with Gasteiger partial charge in [-0.05, 0) is 13.6 Å². The van der Waals surface area contributed by atoms with E-state index in [1.165, 1.54) is 0 Å². The van der Waals surface area contributed by atoms with E-state index in [0.717, 1.165) is 6.54 Å². The minimum atomic E-state index is -0.0880. The first-order valence-corrected chi connectivity index (χ1v) is 3.18. The molecule has 0 aromatic heterocycles. The number of rotatable bonds is 4. The minimum absolute atomic E-state index is 0.0286. The van der Waals surface area contributed by atoms with Gasteiger partial charge in [-0.2, -0.15) is 0 Å². The predicted octanol–water partition coefficient (Wildman–Crippen LogP) is -0.709. The van der Waals surface area contributed by atoms with Crippen molar-refractivity contribution >= 4 is 0 Å². The van der Waals surface area contributed by atoms with E-state index in [2.05, 4.69) is 0 Å². The van der Waals surface area contributed by atoms with Gasteiger partial charge in [0.1, 0.15) is 0 Å². The fraction of sp³-hybridized carbons (Fsp3) is 1.00. The first-order chi connectivity index (χ1) is 4.26. The molecule has 0 aliphatic heterocycles. The van der Waals surface area contributed by atoms with E-state index >= 15 is 0 Å². The summed E-state index contributed by atoms with van der Waals surface area (Å²) >= 11 is 0. The van der Waals surface area contributed by atoms with Crippen LogP contribution in [0.4, 0.5) is 0 Å². The number of aliphatic hydroxyl groups is 2. The SMILES string of the molecule is CCN(C)C(CO)CO. The van der Waals surface area contributed by atoms with E-state index in [1.54, 1.807) is 0 Å². The molecule has 56 valence electrons. The Labute approximate surface area is 55.9 Å². The van der Waals surface area contributed by atoms with Crippen molar-refractivity contribution in [3.63, 3.8) is 0 Å². The lowest BCUT2D eigenvalue weighted by molar-refractivity contribution is 0.0953. The zero-order valence-corrected chi connectivity index (χ0v) is 6.04. The summed E-state index contributed by atoms with van der Waals surface area (Å²) in [5, 5.41) is 17.3. The number of likely N-dealkylation sites (N-methyl/N-ethyl adjacent to an activating group) is 1. The maximum atomic E-state index is 8.63. The third-order valence-electron chi connectivity index (χ3n) is 1.54. The standard InChI is InChI=1S/C6H15NO2/c1-3-7(2)6(4-8)5-9/h6,8-9H,3-5H2,1-2H3. The second kappa shape index (κ2) is 4.73. The van der Waals surface area contributed by atoms with E-state index in [4.69, 9.17) is 10.2 Å². The molecule has 0 aromatic carbocycles. The molecule has 0 aliphatic rings. The summed E-state index contributed by atoms with van der Waals surface area (Å²) in [6.07, 6.45) is 0. The highest BCUT2D eigenvalue weighted by Crippen LogP contribution is 1.91. The Kier molecular flexibility index (Phi) is 4.67. The van der Waals surface area contributed by atoms with Crippen molar-refractivity contribution in [2.24, 2.45) is 0 Å². The van der Waals surface area contributed by atoms with Crippen LogP contribution in [-0.4, -0.2) is 48.0 Å². The van der Waals surface area contributed by atoms with Crippen LogP contribution in [0.15, 0.2) is 0 Å². The molecule has 0 aliphatic carbocycles. The highest BCUT2D eigenvalue weighted by atomic mass is 16.3. The van der Waals surface area contributed by atoms with Crippen molar-refractivity contribution in [2.45, 2.75) is 13.0 Å². The van der Waals surface area contributed by atoms with Gasteiger partial charge < -0.3 is 10.2 Å². The number of aliphatic hydroxyl groups excluding tert-OH is 2. The van der Waals surface area contributed by atoms with E-state index in [0.29, 0.717) is 0 Å².